The second-order valence-electron chi connectivity index (χ2n) is 2.98. The summed E-state index contributed by atoms with van der Waals surface area (Å²) in [6.45, 7) is 1.50. The molecule has 0 aliphatic rings. The molecule has 0 saturated carbocycles. The maximum Gasteiger partial charge on any atom is 0.221 e. The lowest BCUT2D eigenvalue weighted by molar-refractivity contribution is -0.114. The molecule has 0 fully saturated rings. The van der Waals surface area contributed by atoms with E-state index in [1.165, 1.54) is 6.92 Å². The number of H-pyrrole nitrogens is 1. The van der Waals surface area contributed by atoms with Gasteiger partial charge in [-0.1, -0.05) is 6.07 Å². The molecule has 1 heterocycles. The molecule has 0 unspecified atom stereocenters. The molecule has 0 aliphatic heterocycles. The van der Waals surface area contributed by atoms with Crippen molar-refractivity contribution in [1.29, 1.82) is 0 Å². The SMILES string of the molecule is CC(=O)Nc1ccc2c[nH]cc2c1. The summed E-state index contributed by atoms with van der Waals surface area (Å²) in [5.74, 6) is -0.0464. The summed E-state index contributed by atoms with van der Waals surface area (Å²) >= 11 is 0. The highest BCUT2D eigenvalue weighted by Gasteiger charge is 1.97. The Kier molecular flexibility index (Phi) is 1.77. The Bertz CT molecular complexity index is 445. The topological polar surface area (TPSA) is 44.9 Å². The number of fused-ring (bicyclic) bond motifs is 1. The summed E-state index contributed by atoms with van der Waals surface area (Å²) in [4.78, 5) is 13.8. The molecule has 2 N–H and O–H groups in total. The van der Waals surface area contributed by atoms with Gasteiger partial charge in [0.25, 0.3) is 0 Å². The van der Waals surface area contributed by atoms with E-state index in [4.69, 9.17) is 0 Å². The monoisotopic (exact) mass is 174 g/mol. The van der Waals surface area contributed by atoms with Crippen LogP contribution in [0.3, 0.4) is 0 Å². The van der Waals surface area contributed by atoms with Gasteiger partial charge in [-0.25, -0.2) is 0 Å². The normalized spacial score (nSPS) is 10.2. The Labute approximate surface area is 75.8 Å². The Morgan fingerprint density at radius 3 is 2.85 bits per heavy atom. The van der Waals surface area contributed by atoms with Crippen molar-refractivity contribution in [2.24, 2.45) is 0 Å². The van der Waals surface area contributed by atoms with Gasteiger partial charge in [0.15, 0.2) is 0 Å². The van der Waals surface area contributed by atoms with Gasteiger partial charge in [0.1, 0.15) is 0 Å². The van der Waals surface area contributed by atoms with E-state index < -0.39 is 0 Å². The number of nitrogens with one attached hydrogen (secondary N) is 2. The van der Waals surface area contributed by atoms with Crippen LogP contribution in [0, 0.1) is 0 Å². The average molecular weight is 174 g/mol. The number of benzene rings is 1. The number of hydrogen-bond acceptors (Lipinski definition) is 1. The number of hydrogen-bond donors (Lipinski definition) is 2. The van der Waals surface area contributed by atoms with Crippen LogP contribution in [0.5, 0.6) is 0 Å². The molecule has 0 radical (unpaired) electrons. The third kappa shape index (κ3) is 1.54. The van der Waals surface area contributed by atoms with Gasteiger partial charge >= 0.3 is 0 Å². The van der Waals surface area contributed by atoms with Crippen LogP contribution in [0.15, 0.2) is 30.6 Å². The summed E-state index contributed by atoms with van der Waals surface area (Å²) in [6.07, 6.45) is 3.83. The minimum Gasteiger partial charge on any atom is -0.366 e. The lowest BCUT2D eigenvalue weighted by atomic mass is 10.2. The van der Waals surface area contributed by atoms with Gasteiger partial charge in [-0.15, -0.1) is 0 Å². The lowest BCUT2D eigenvalue weighted by Crippen LogP contribution is -2.05. The Balaban J connectivity index is 2.42. The predicted octanol–water partition coefficient (Wildman–Crippen LogP) is 2.13. The fourth-order valence-corrected chi connectivity index (χ4v) is 1.33. The van der Waals surface area contributed by atoms with Crippen molar-refractivity contribution in [1.82, 2.24) is 4.98 Å². The van der Waals surface area contributed by atoms with Crippen molar-refractivity contribution in [3.8, 4) is 0 Å². The first-order valence-electron chi connectivity index (χ1n) is 4.10. The lowest BCUT2D eigenvalue weighted by Gasteiger charge is -2.00. The van der Waals surface area contributed by atoms with Gasteiger partial charge in [0.05, 0.1) is 0 Å². The number of rotatable bonds is 1. The van der Waals surface area contributed by atoms with Gasteiger partial charge in [0, 0.05) is 30.4 Å². The first-order chi connectivity index (χ1) is 6.25. The minimum atomic E-state index is -0.0464. The summed E-state index contributed by atoms with van der Waals surface area (Å²) in [7, 11) is 0. The third-order valence-electron chi connectivity index (χ3n) is 1.88. The molecule has 0 atom stereocenters. The maximum absolute atomic E-state index is 10.8. The first-order valence-corrected chi connectivity index (χ1v) is 4.10. The second kappa shape index (κ2) is 2.94. The quantitative estimate of drug-likeness (QED) is 0.683. The Morgan fingerprint density at radius 1 is 1.31 bits per heavy atom. The summed E-state index contributed by atoms with van der Waals surface area (Å²) in [5.41, 5.74) is 0.833. The average Bonchev–Trinajstić information content (AvgIpc) is 2.49. The van der Waals surface area contributed by atoms with Crippen molar-refractivity contribution in [2.75, 3.05) is 5.32 Å². The third-order valence-corrected chi connectivity index (χ3v) is 1.88. The smallest absolute Gasteiger partial charge is 0.221 e. The minimum absolute atomic E-state index is 0.0464. The van der Waals surface area contributed by atoms with E-state index >= 15 is 0 Å². The van der Waals surface area contributed by atoms with Crippen LogP contribution in [0.25, 0.3) is 10.8 Å². The molecular formula is C10H10N2O. The summed E-state index contributed by atoms with van der Waals surface area (Å²) < 4.78 is 0. The number of amides is 1. The molecule has 0 spiro atoms. The summed E-state index contributed by atoms with van der Waals surface area (Å²) in [5, 5.41) is 4.98. The highest BCUT2D eigenvalue weighted by atomic mass is 16.1. The molecule has 1 aromatic heterocycles. The maximum atomic E-state index is 10.8. The molecule has 2 rings (SSSR count). The van der Waals surface area contributed by atoms with E-state index in [1.807, 2.05) is 30.6 Å². The fourth-order valence-electron chi connectivity index (χ4n) is 1.33. The van der Waals surface area contributed by atoms with Crippen LogP contribution in [0.4, 0.5) is 5.69 Å². The highest BCUT2D eigenvalue weighted by molar-refractivity contribution is 5.92. The molecule has 13 heavy (non-hydrogen) atoms. The number of aromatic nitrogens is 1. The number of anilines is 1. The predicted molar refractivity (Wildman–Crippen MR) is 52.6 cm³/mol. The van der Waals surface area contributed by atoms with Crippen molar-refractivity contribution >= 4 is 22.4 Å². The molecule has 0 saturated heterocycles. The van der Waals surface area contributed by atoms with E-state index in [9.17, 15) is 4.79 Å². The van der Waals surface area contributed by atoms with Crippen LogP contribution in [-0.4, -0.2) is 10.9 Å². The zero-order valence-electron chi connectivity index (χ0n) is 7.29. The van der Waals surface area contributed by atoms with E-state index in [0.29, 0.717) is 0 Å². The Morgan fingerprint density at radius 2 is 2.08 bits per heavy atom. The van der Waals surface area contributed by atoms with E-state index in [0.717, 1.165) is 16.5 Å². The van der Waals surface area contributed by atoms with Crippen LogP contribution >= 0.6 is 0 Å². The first kappa shape index (κ1) is 7.86. The van der Waals surface area contributed by atoms with Gasteiger partial charge in [-0.3, -0.25) is 4.79 Å². The van der Waals surface area contributed by atoms with Gasteiger partial charge in [-0.05, 0) is 17.5 Å². The number of carbonyl (C=O) groups is 1. The standard InChI is InChI=1S/C10H10N2O/c1-7(13)12-10-3-2-8-5-11-6-9(8)4-10/h2-6,11H,1H3,(H,12,13). The van der Waals surface area contributed by atoms with E-state index in [1.54, 1.807) is 0 Å². The molecule has 2 aromatic rings. The molecular weight excluding hydrogens is 164 g/mol. The van der Waals surface area contributed by atoms with Crippen molar-refractivity contribution in [2.45, 2.75) is 6.92 Å². The van der Waals surface area contributed by atoms with E-state index in [2.05, 4.69) is 10.3 Å². The van der Waals surface area contributed by atoms with Gasteiger partial charge in [-0.2, -0.15) is 0 Å². The van der Waals surface area contributed by atoms with Crippen LogP contribution in [0.1, 0.15) is 6.92 Å². The summed E-state index contributed by atoms with van der Waals surface area (Å²) in [6, 6.07) is 5.79. The molecule has 0 aliphatic carbocycles. The number of aromatic amines is 1. The van der Waals surface area contributed by atoms with Gasteiger partial charge < -0.3 is 10.3 Å². The zero-order valence-corrected chi connectivity index (χ0v) is 7.29. The Hall–Kier alpha value is -1.77. The zero-order chi connectivity index (χ0) is 9.26. The molecule has 3 nitrogen and oxygen atoms in total. The molecule has 1 aromatic carbocycles. The number of carbonyl (C=O) groups excluding carboxylic acids is 1. The van der Waals surface area contributed by atoms with Crippen molar-refractivity contribution < 1.29 is 4.79 Å². The largest absolute Gasteiger partial charge is 0.366 e. The van der Waals surface area contributed by atoms with Gasteiger partial charge in [0.2, 0.25) is 5.91 Å². The molecule has 1 amide bonds. The van der Waals surface area contributed by atoms with E-state index in [-0.39, 0.29) is 5.91 Å². The fraction of sp³-hybridized carbons (Fsp3) is 0.100. The second-order valence-corrected chi connectivity index (χ2v) is 2.98. The van der Waals surface area contributed by atoms with Crippen molar-refractivity contribution in [3.05, 3.63) is 30.6 Å². The molecule has 0 bridgehead atoms. The van der Waals surface area contributed by atoms with Crippen LogP contribution in [-0.2, 0) is 4.79 Å². The van der Waals surface area contributed by atoms with Crippen LogP contribution < -0.4 is 5.32 Å². The van der Waals surface area contributed by atoms with Crippen molar-refractivity contribution in [3.63, 3.8) is 0 Å². The highest BCUT2D eigenvalue weighted by Crippen LogP contribution is 2.18. The van der Waals surface area contributed by atoms with Crippen LogP contribution in [0.2, 0.25) is 0 Å². The molecule has 66 valence electrons. The molecule has 3 heteroatoms.